The molecule has 1 fully saturated rings. The molecule has 1 saturated heterocycles. The summed E-state index contributed by atoms with van der Waals surface area (Å²) in [5, 5.41) is 3.09. The van der Waals surface area contributed by atoms with Crippen LogP contribution in [0.15, 0.2) is 24.3 Å². The highest BCUT2D eigenvalue weighted by Gasteiger charge is 2.15. The Hall–Kier alpha value is -1.71. The van der Waals surface area contributed by atoms with Crippen molar-refractivity contribution in [2.75, 3.05) is 30.7 Å². The molecule has 0 unspecified atom stereocenters. The number of piperidine rings is 1. The second-order valence-electron chi connectivity index (χ2n) is 4.38. The minimum atomic E-state index is 0.160. The van der Waals surface area contributed by atoms with Crippen LogP contribution < -0.4 is 11.1 Å². The number of nitrogens with two attached hydrogens (primary N) is 1. The van der Waals surface area contributed by atoms with Crippen LogP contribution in [0.4, 0.5) is 11.4 Å². The van der Waals surface area contributed by atoms with Gasteiger partial charge < -0.3 is 16.0 Å². The summed E-state index contributed by atoms with van der Waals surface area (Å²) in [4.78, 5) is 13.8. The molecule has 1 amide bonds. The zero-order valence-corrected chi connectivity index (χ0v) is 9.98. The van der Waals surface area contributed by atoms with Crippen molar-refractivity contribution in [3.05, 3.63) is 24.3 Å². The normalized spacial score (nSPS) is 15.6. The molecular formula is C13H19N3O. The molecule has 1 aliphatic rings. The van der Waals surface area contributed by atoms with Crippen molar-refractivity contribution in [1.29, 1.82) is 0 Å². The third-order valence-corrected chi connectivity index (χ3v) is 3.10. The van der Waals surface area contributed by atoms with Gasteiger partial charge in [0.2, 0.25) is 5.91 Å². The van der Waals surface area contributed by atoms with Gasteiger partial charge in [-0.25, -0.2) is 0 Å². The number of carbonyl (C=O) groups is 1. The van der Waals surface area contributed by atoms with E-state index in [0.29, 0.717) is 12.2 Å². The number of hydrogen-bond acceptors (Lipinski definition) is 3. The fourth-order valence-electron chi connectivity index (χ4n) is 2.08. The monoisotopic (exact) mass is 233 g/mol. The second kappa shape index (κ2) is 5.57. The number of nitrogens with one attached hydrogen (secondary N) is 1. The number of benzene rings is 1. The number of amides is 1. The second-order valence-corrected chi connectivity index (χ2v) is 4.38. The maximum absolute atomic E-state index is 11.9. The molecule has 2 rings (SSSR count). The first kappa shape index (κ1) is 11.8. The zero-order chi connectivity index (χ0) is 12.1. The van der Waals surface area contributed by atoms with Crippen molar-refractivity contribution < 1.29 is 4.79 Å². The summed E-state index contributed by atoms with van der Waals surface area (Å²) in [5.74, 6) is 0.160. The summed E-state index contributed by atoms with van der Waals surface area (Å²) in [6, 6.07) is 7.50. The summed E-state index contributed by atoms with van der Waals surface area (Å²) < 4.78 is 0. The van der Waals surface area contributed by atoms with Gasteiger partial charge in [-0.1, -0.05) is 12.1 Å². The van der Waals surface area contributed by atoms with Crippen LogP contribution >= 0.6 is 0 Å². The van der Waals surface area contributed by atoms with E-state index in [0.717, 1.165) is 31.6 Å². The van der Waals surface area contributed by atoms with Crippen LogP contribution in [0.1, 0.15) is 19.3 Å². The predicted molar refractivity (Wildman–Crippen MR) is 69.8 cm³/mol. The van der Waals surface area contributed by atoms with Gasteiger partial charge in [-0.15, -0.1) is 0 Å². The maximum Gasteiger partial charge on any atom is 0.241 e. The Bertz CT molecular complexity index is 386. The molecule has 0 saturated carbocycles. The average molecular weight is 233 g/mol. The lowest BCUT2D eigenvalue weighted by Crippen LogP contribution is -2.39. The molecule has 4 nitrogen and oxygen atoms in total. The lowest BCUT2D eigenvalue weighted by molar-refractivity contribution is -0.130. The van der Waals surface area contributed by atoms with Gasteiger partial charge >= 0.3 is 0 Å². The molecule has 0 aromatic heterocycles. The number of rotatable bonds is 3. The van der Waals surface area contributed by atoms with Gasteiger partial charge in [-0.05, 0) is 31.4 Å². The molecular weight excluding hydrogens is 214 g/mol. The van der Waals surface area contributed by atoms with Crippen LogP contribution in [0.25, 0.3) is 0 Å². The van der Waals surface area contributed by atoms with E-state index in [1.54, 1.807) is 0 Å². The minimum absolute atomic E-state index is 0.160. The van der Waals surface area contributed by atoms with Crippen molar-refractivity contribution >= 4 is 17.3 Å². The smallest absolute Gasteiger partial charge is 0.241 e. The van der Waals surface area contributed by atoms with E-state index in [2.05, 4.69) is 5.32 Å². The Morgan fingerprint density at radius 3 is 2.65 bits per heavy atom. The molecule has 0 radical (unpaired) electrons. The number of carbonyl (C=O) groups excluding carboxylic acids is 1. The standard InChI is InChI=1S/C13H19N3O/c14-11-6-2-3-7-12(11)15-10-13(17)16-8-4-1-5-9-16/h2-3,6-7,15H,1,4-5,8-10,14H2. The van der Waals surface area contributed by atoms with Gasteiger partial charge in [0.1, 0.15) is 0 Å². The first-order valence-corrected chi connectivity index (χ1v) is 6.13. The summed E-state index contributed by atoms with van der Waals surface area (Å²) in [6.07, 6.45) is 3.49. The van der Waals surface area contributed by atoms with Crippen LogP contribution in [0.2, 0.25) is 0 Å². The fraction of sp³-hybridized carbons (Fsp3) is 0.462. The predicted octanol–water partition coefficient (Wildman–Crippen LogP) is 1.69. The molecule has 1 heterocycles. The highest BCUT2D eigenvalue weighted by atomic mass is 16.2. The number of nitrogen functional groups attached to an aromatic ring is 1. The Kier molecular flexibility index (Phi) is 3.85. The van der Waals surface area contributed by atoms with Gasteiger partial charge in [0.05, 0.1) is 17.9 Å². The molecule has 0 spiro atoms. The molecule has 1 aromatic carbocycles. The topological polar surface area (TPSA) is 58.4 Å². The maximum atomic E-state index is 11.9. The SMILES string of the molecule is Nc1ccccc1NCC(=O)N1CCCCC1. The van der Waals surface area contributed by atoms with Crippen LogP contribution in [-0.4, -0.2) is 30.4 Å². The molecule has 0 bridgehead atoms. The molecule has 0 atom stereocenters. The lowest BCUT2D eigenvalue weighted by atomic mass is 10.1. The van der Waals surface area contributed by atoms with Gasteiger partial charge in [0.25, 0.3) is 0 Å². The van der Waals surface area contributed by atoms with E-state index in [9.17, 15) is 4.79 Å². The molecule has 1 aliphatic heterocycles. The van der Waals surface area contributed by atoms with Gasteiger partial charge in [-0.2, -0.15) is 0 Å². The Labute approximate surface area is 102 Å². The van der Waals surface area contributed by atoms with Gasteiger partial charge in [0.15, 0.2) is 0 Å². The van der Waals surface area contributed by atoms with E-state index >= 15 is 0 Å². The number of para-hydroxylation sites is 2. The number of nitrogens with zero attached hydrogens (tertiary/aromatic N) is 1. The molecule has 3 N–H and O–H groups in total. The van der Waals surface area contributed by atoms with Crippen LogP contribution in [0.5, 0.6) is 0 Å². The number of likely N-dealkylation sites (tertiary alicyclic amines) is 1. The summed E-state index contributed by atoms with van der Waals surface area (Å²) >= 11 is 0. The van der Waals surface area contributed by atoms with E-state index in [1.807, 2.05) is 29.2 Å². The van der Waals surface area contributed by atoms with E-state index in [1.165, 1.54) is 6.42 Å². The minimum Gasteiger partial charge on any atom is -0.397 e. The summed E-state index contributed by atoms with van der Waals surface area (Å²) in [6.45, 7) is 2.11. The number of anilines is 2. The fourth-order valence-corrected chi connectivity index (χ4v) is 2.08. The van der Waals surface area contributed by atoms with Crippen molar-refractivity contribution in [2.45, 2.75) is 19.3 Å². The Balaban J connectivity index is 1.85. The number of hydrogen-bond donors (Lipinski definition) is 2. The molecule has 4 heteroatoms. The van der Waals surface area contributed by atoms with Crippen molar-refractivity contribution in [3.63, 3.8) is 0 Å². The van der Waals surface area contributed by atoms with Gasteiger partial charge in [0, 0.05) is 13.1 Å². The molecule has 1 aromatic rings. The molecule has 17 heavy (non-hydrogen) atoms. The van der Waals surface area contributed by atoms with E-state index in [-0.39, 0.29) is 5.91 Å². The third kappa shape index (κ3) is 3.12. The first-order valence-electron chi connectivity index (χ1n) is 6.13. The van der Waals surface area contributed by atoms with Gasteiger partial charge in [-0.3, -0.25) is 4.79 Å². The average Bonchev–Trinajstić information content (AvgIpc) is 2.38. The van der Waals surface area contributed by atoms with E-state index < -0.39 is 0 Å². The largest absolute Gasteiger partial charge is 0.397 e. The Morgan fingerprint density at radius 2 is 1.94 bits per heavy atom. The lowest BCUT2D eigenvalue weighted by Gasteiger charge is -2.27. The molecule has 92 valence electrons. The van der Waals surface area contributed by atoms with Crippen LogP contribution in [-0.2, 0) is 4.79 Å². The van der Waals surface area contributed by atoms with Crippen molar-refractivity contribution in [1.82, 2.24) is 4.90 Å². The highest BCUT2D eigenvalue weighted by Crippen LogP contribution is 2.16. The first-order chi connectivity index (χ1) is 8.27. The molecule has 0 aliphatic carbocycles. The summed E-state index contributed by atoms with van der Waals surface area (Å²) in [5.41, 5.74) is 7.31. The third-order valence-electron chi connectivity index (χ3n) is 3.10. The van der Waals surface area contributed by atoms with E-state index in [4.69, 9.17) is 5.73 Å². The van der Waals surface area contributed by atoms with Crippen LogP contribution in [0.3, 0.4) is 0 Å². The van der Waals surface area contributed by atoms with Crippen molar-refractivity contribution in [3.8, 4) is 0 Å². The highest BCUT2D eigenvalue weighted by molar-refractivity contribution is 5.82. The van der Waals surface area contributed by atoms with Crippen molar-refractivity contribution in [2.24, 2.45) is 0 Å². The quantitative estimate of drug-likeness (QED) is 0.781. The summed E-state index contributed by atoms with van der Waals surface area (Å²) in [7, 11) is 0. The van der Waals surface area contributed by atoms with Crippen LogP contribution in [0, 0.1) is 0 Å². The zero-order valence-electron chi connectivity index (χ0n) is 9.98. The Morgan fingerprint density at radius 1 is 1.24 bits per heavy atom.